The lowest BCUT2D eigenvalue weighted by molar-refractivity contribution is 0.605. The van der Waals surface area contributed by atoms with Crippen molar-refractivity contribution in [1.29, 1.82) is 0 Å². The smallest absolute Gasteiger partial charge is 0.150 e. The highest BCUT2D eigenvalue weighted by Gasteiger charge is 2.11. The Hall–Kier alpha value is -2.68. The fraction of sp³-hybridized carbons (Fsp3) is 0.240. The van der Waals surface area contributed by atoms with Crippen molar-refractivity contribution < 1.29 is 8.78 Å². The normalized spacial score (nSPS) is 10.6. The van der Waals surface area contributed by atoms with Gasteiger partial charge in [0, 0.05) is 11.6 Å². The van der Waals surface area contributed by atoms with Crippen LogP contribution >= 0.6 is 12.2 Å². The Morgan fingerprint density at radius 3 is 2.03 bits per heavy atom. The van der Waals surface area contributed by atoms with E-state index in [1.807, 2.05) is 12.1 Å². The summed E-state index contributed by atoms with van der Waals surface area (Å²) in [4.78, 5) is 3.54. The number of hydrogen-bond donors (Lipinski definition) is 0. The second-order valence-corrected chi connectivity index (χ2v) is 7.25. The van der Waals surface area contributed by atoms with Crippen molar-refractivity contribution in [1.82, 2.24) is 0 Å². The van der Waals surface area contributed by atoms with E-state index < -0.39 is 11.6 Å². The van der Waals surface area contributed by atoms with Gasteiger partial charge in [-0.3, -0.25) is 0 Å². The Bertz CT molecular complexity index is 1000. The van der Waals surface area contributed by atoms with E-state index in [-0.39, 0.29) is 11.3 Å². The highest BCUT2D eigenvalue weighted by atomic mass is 32.1. The van der Waals surface area contributed by atoms with Crippen molar-refractivity contribution >= 4 is 23.1 Å². The number of halogens is 2. The quantitative estimate of drug-likeness (QED) is 0.208. The molecule has 0 unspecified atom stereocenters. The number of hydrogen-bond acceptors (Lipinski definition) is 2. The average Bonchev–Trinajstić information content (AvgIpc) is 2.74. The zero-order valence-electron chi connectivity index (χ0n) is 16.4. The molecule has 0 bridgehead atoms. The van der Waals surface area contributed by atoms with Crippen LogP contribution in [0.1, 0.15) is 38.2 Å². The summed E-state index contributed by atoms with van der Waals surface area (Å²) >= 11 is 4.46. The number of aliphatic imine (C=N–C) groups is 1. The molecule has 1 nitrogen and oxygen atoms in total. The molecule has 3 rings (SSSR count). The molecule has 0 fully saturated rings. The molecule has 0 aliphatic rings. The Kier molecular flexibility index (Phi) is 7.40. The van der Waals surface area contributed by atoms with Gasteiger partial charge in [-0.1, -0.05) is 74.7 Å². The Labute approximate surface area is 176 Å². The first-order valence-electron chi connectivity index (χ1n) is 9.89. The molecular formula is C25H23F2NS. The predicted molar refractivity (Wildman–Crippen MR) is 120 cm³/mol. The van der Waals surface area contributed by atoms with E-state index >= 15 is 0 Å². The number of isothiocyanates is 1. The van der Waals surface area contributed by atoms with Crippen molar-refractivity contribution in [3.63, 3.8) is 0 Å². The Balaban J connectivity index is 1.75. The lowest BCUT2D eigenvalue weighted by atomic mass is 9.98. The van der Waals surface area contributed by atoms with Gasteiger partial charge < -0.3 is 0 Å². The third-order valence-corrected chi connectivity index (χ3v) is 5.10. The van der Waals surface area contributed by atoms with Crippen LogP contribution in [0.15, 0.2) is 65.7 Å². The van der Waals surface area contributed by atoms with Crippen LogP contribution in [-0.2, 0) is 6.42 Å². The summed E-state index contributed by atoms with van der Waals surface area (Å²) in [7, 11) is 0. The molecule has 0 aliphatic heterocycles. The van der Waals surface area contributed by atoms with E-state index in [4.69, 9.17) is 0 Å². The second-order valence-electron chi connectivity index (χ2n) is 7.07. The number of rotatable bonds is 8. The summed E-state index contributed by atoms with van der Waals surface area (Å²) in [6.07, 6.45) is 6.13. The molecule has 148 valence electrons. The van der Waals surface area contributed by atoms with E-state index in [0.717, 1.165) is 29.7 Å². The third kappa shape index (κ3) is 5.44. The summed E-state index contributed by atoms with van der Waals surface area (Å²) in [5.41, 5.74) is 4.14. The maximum atomic E-state index is 14.4. The molecule has 0 N–H and O–H groups in total. The summed E-state index contributed by atoms with van der Waals surface area (Å²) in [6, 6.07) is 18.2. The van der Waals surface area contributed by atoms with Crippen molar-refractivity contribution in [3.8, 4) is 22.3 Å². The number of nitrogens with zero attached hydrogens (tertiary/aromatic N) is 1. The molecule has 3 aromatic rings. The van der Waals surface area contributed by atoms with Crippen molar-refractivity contribution in [2.75, 3.05) is 0 Å². The van der Waals surface area contributed by atoms with Gasteiger partial charge in [0.25, 0.3) is 0 Å². The zero-order valence-corrected chi connectivity index (χ0v) is 17.2. The van der Waals surface area contributed by atoms with Crippen molar-refractivity contribution in [2.45, 2.75) is 39.0 Å². The predicted octanol–water partition coefficient (Wildman–Crippen LogP) is 8.16. The third-order valence-electron chi connectivity index (χ3n) is 5.00. The standard InChI is InChI=1S/C25H23F2NS/c1-2-3-4-5-6-18-7-9-19(10-8-18)20-11-13-21(14-12-20)22-15-24(27)25(28-17-29)16-23(22)26/h7-16H,2-6H2,1H3. The Morgan fingerprint density at radius 1 is 0.793 bits per heavy atom. The lowest BCUT2D eigenvalue weighted by Gasteiger charge is -2.08. The second kappa shape index (κ2) is 10.2. The first-order valence-corrected chi connectivity index (χ1v) is 10.3. The van der Waals surface area contributed by atoms with Crippen LogP contribution < -0.4 is 0 Å². The number of aryl methyl sites for hydroxylation is 1. The highest BCUT2D eigenvalue weighted by Crippen LogP contribution is 2.31. The maximum Gasteiger partial charge on any atom is 0.150 e. The van der Waals surface area contributed by atoms with Crippen LogP contribution in [0, 0.1) is 11.6 Å². The molecule has 29 heavy (non-hydrogen) atoms. The van der Waals surface area contributed by atoms with Gasteiger partial charge in [-0.05, 0) is 53.4 Å². The number of unbranched alkanes of at least 4 members (excludes halogenated alkanes) is 3. The van der Waals surface area contributed by atoms with Gasteiger partial charge in [0.15, 0.2) is 0 Å². The lowest BCUT2D eigenvalue weighted by Crippen LogP contribution is -1.89. The molecule has 4 heteroatoms. The minimum absolute atomic E-state index is 0.146. The van der Waals surface area contributed by atoms with Crippen LogP contribution in [-0.4, -0.2) is 5.16 Å². The van der Waals surface area contributed by atoms with E-state index in [9.17, 15) is 8.78 Å². The first-order chi connectivity index (χ1) is 14.1. The fourth-order valence-corrected chi connectivity index (χ4v) is 3.45. The maximum absolute atomic E-state index is 14.4. The van der Waals surface area contributed by atoms with Crippen LogP contribution in [0.3, 0.4) is 0 Å². The molecule has 0 atom stereocenters. The van der Waals surface area contributed by atoms with Crippen molar-refractivity contribution in [3.05, 3.63) is 77.9 Å². The molecule has 0 saturated heterocycles. The topological polar surface area (TPSA) is 12.4 Å². The van der Waals surface area contributed by atoms with E-state index in [2.05, 4.69) is 53.6 Å². The molecule has 0 amide bonds. The molecule has 0 heterocycles. The minimum Gasteiger partial charge on any atom is -0.206 e. The van der Waals surface area contributed by atoms with E-state index in [1.165, 1.54) is 31.2 Å². The number of thiocarbonyl (C=S) groups is 1. The molecular weight excluding hydrogens is 384 g/mol. The van der Waals surface area contributed by atoms with Crippen LogP contribution in [0.4, 0.5) is 14.5 Å². The zero-order chi connectivity index (χ0) is 20.6. The van der Waals surface area contributed by atoms with Crippen LogP contribution in [0.25, 0.3) is 22.3 Å². The van der Waals surface area contributed by atoms with Gasteiger partial charge in [0.2, 0.25) is 0 Å². The molecule has 0 spiro atoms. The molecule has 0 radical (unpaired) electrons. The number of benzene rings is 3. The van der Waals surface area contributed by atoms with Gasteiger partial charge in [0.1, 0.15) is 17.3 Å². The monoisotopic (exact) mass is 407 g/mol. The SMILES string of the molecule is CCCCCCc1ccc(-c2ccc(-c3cc(F)c(N=C=S)cc3F)cc2)cc1. The average molecular weight is 408 g/mol. The fourth-order valence-electron chi connectivity index (χ4n) is 3.35. The minimum atomic E-state index is -0.627. The molecule has 0 saturated carbocycles. The van der Waals surface area contributed by atoms with E-state index in [0.29, 0.717) is 5.56 Å². The summed E-state index contributed by atoms with van der Waals surface area (Å²) in [6.45, 7) is 2.22. The molecule has 0 aliphatic carbocycles. The van der Waals surface area contributed by atoms with Gasteiger partial charge >= 0.3 is 0 Å². The van der Waals surface area contributed by atoms with Gasteiger partial charge in [-0.2, -0.15) is 4.99 Å². The first kappa shape index (κ1) is 21.0. The van der Waals surface area contributed by atoms with Gasteiger partial charge in [-0.25, -0.2) is 8.78 Å². The van der Waals surface area contributed by atoms with Crippen LogP contribution in [0.5, 0.6) is 0 Å². The highest BCUT2D eigenvalue weighted by molar-refractivity contribution is 7.78. The summed E-state index contributed by atoms with van der Waals surface area (Å²) in [5.74, 6) is -1.17. The van der Waals surface area contributed by atoms with Gasteiger partial charge in [-0.15, -0.1) is 0 Å². The van der Waals surface area contributed by atoms with Gasteiger partial charge in [0.05, 0.1) is 5.16 Å². The summed E-state index contributed by atoms with van der Waals surface area (Å²) in [5, 5.41) is 2.06. The van der Waals surface area contributed by atoms with E-state index in [1.54, 1.807) is 12.1 Å². The largest absolute Gasteiger partial charge is 0.206 e. The molecule has 3 aromatic carbocycles. The Morgan fingerprint density at radius 2 is 1.41 bits per heavy atom. The molecule has 0 aromatic heterocycles. The van der Waals surface area contributed by atoms with Crippen LogP contribution in [0.2, 0.25) is 0 Å². The van der Waals surface area contributed by atoms with Crippen molar-refractivity contribution in [2.24, 2.45) is 4.99 Å². The summed E-state index contributed by atoms with van der Waals surface area (Å²) < 4.78 is 28.4.